The van der Waals surface area contributed by atoms with Gasteiger partial charge in [0.25, 0.3) is 5.91 Å². The molecular weight excluding hydrogens is 457 g/mol. The van der Waals surface area contributed by atoms with E-state index in [-0.39, 0.29) is 46.9 Å². The maximum absolute atomic E-state index is 12.1. The first kappa shape index (κ1) is 25.3. The number of fused-ring (bicyclic) bond motifs is 1. The molecule has 2 unspecified atom stereocenters. The van der Waals surface area contributed by atoms with E-state index in [0.717, 1.165) is 6.92 Å². The Bertz CT molecular complexity index is 1190. The zero-order valence-corrected chi connectivity index (χ0v) is 20.5. The van der Waals surface area contributed by atoms with E-state index in [4.69, 9.17) is 21.1 Å². The number of nitrogens with zero attached hydrogens (tertiary/aromatic N) is 2. The summed E-state index contributed by atoms with van der Waals surface area (Å²) < 4.78 is 44.3. The van der Waals surface area contributed by atoms with Crippen molar-refractivity contribution in [1.82, 2.24) is 15.3 Å². The van der Waals surface area contributed by atoms with Gasteiger partial charge in [0.2, 0.25) is 5.88 Å². The first-order valence-corrected chi connectivity index (χ1v) is 10.6. The monoisotopic (exact) mass is 473 g/mol. The van der Waals surface area contributed by atoms with Crippen LogP contribution in [0.2, 0.25) is 5.02 Å². The van der Waals surface area contributed by atoms with Gasteiger partial charge in [-0.1, -0.05) is 23.7 Å². The number of para-hydroxylation sites is 2. The van der Waals surface area contributed by atoms with Gasteiger partial charge in [-0.15, -0.1) is 0 Å². The Labute approximate surface area is 206 Å². The van der Waals surface area contributed by atoms with E-state index in [9.17, 15) is 17.8 Å². The third-order valence-corrected chi connectivity index (χ3v) is 5.22. The van der Waals surface area contributed by atoms with Crippen LogP contribution in [0.4, 0.5) is 0 Å². The topological polar surface area (TPSA) is 131 Å². The fourth-order valence-corrected chi connectivity index (χ4v) is 2.82. The van der Waals surface area contributed by atoms with Crippen LogP contribution in [0.5, 0.6) is 17.4 Å². The van der Waals surface area contributed by atoms with Gasteiger partial charge < -0.3 is 19.3 Å². The number of ether oxygens (including phenoxy) is 2. The van der Waals surface area contributed by atoms with E-state index in [1.807, 2.05) is 0 Å². The number of amides is 1. The largest absolute Gasteiger partial charge is 1.00 e. The minimum absolute atomic E-state index is 0. The number of carbonyl (C=O) groups is 1. The van der Waals surface area contributed by atoms with Crippen LogP contribution in [-0.4, -0.2) is 40.3 Å². The zero-order valence-electron chi connectivity index (χ0n) is 16.9. The van der Waals surface area contributed by atoms with E-state index in [1.54, 1.807) is 42.5 Å². The molecule has 0 bridgehead atoms. The molecule has 0 saturated heterocycles. The van der Waals surface area contributed by atoms with Crippen LogP contribution < -0.4 is 44.3 Å². The second-order valence-electron chi connectivity index (χ2n) is 6.29. The van der Waals surface area contributed by atoms with Gasteiger partial charge in [-0.25, -0.2) is 18.4 Å². The van der Waals surface area contributed by atoms with Crippen molar-refractivity contribution < 1.29 is 56.8 Å². The van der Waals surface area contributed by atoms with Gasteiger partial charge in [-0.2, -0.15) is 0 Å². The maximum Gasteiger partial charge on any atom is 1.00 e. The molecule has 1 aromatic heterocycles. The summed E-state index contributed by atoms with van der Waals surface area (Å²) in [5, 5.41) is 1.02. The van der Waals surface area contributed by atoms with Crippen molar-refractivity contribution >= 4 is 38.7 Å². The molecule has 0 radical (unpaired) electrons. The first-order chi connectivity index (χ1) is 14.1. The molecule has 9 nitrogen and oxygen atoms in total. The van der Waals surface area contributed by atoms with Gasteiger partial charge in [-0.05, 0) is 44.2 Å². The quantitative estimate of drug-likeness (QED) is 0.370. The molecule has 158 valence electrons. The number of hydrogen-bond acceptors (Lipinski definition) is 8. The number of aromatic nitrogens is 2. The van der Waals surface area contributed by atoms with Crippen LogP contribution in [0, 0.1) is 0 Å². The summed E-state index contributed by atoms with van der Waals surface area (Å²) in [6.45, 7) is 2.49. The molecule has 3 aromatic rings. The molecule has 1 heterocycles. The molecule has 0 spiro atoms. The Balaban J connectivity index is 0.00000341. The maximum atomic E-state index is 12.1. The number of nitrogens with one attached hydrogen (secondary N) is 1. The minimum Gasteiger partial charge on any atom is -0.746 e. The fourth-order valence-electron chi connectivity index (χ4n) is 2.40. The molecule has 3 rings (SSSR count). The van der Waals surface area contributed by atoms with Crippen molar-refractivity contribution in [3.05, 3.63) is 53.7 Å². The van der Waals surface area contributed by atoms with Crippen molar-refractivity contribution in [3.63, 3.8) is 0 Å². The van der Waals surface area contributed by atoms with Gasteiger partial charge >= 0.3 is 29.6 Å². The number of halogens is 1. The summed E-state index contributed by atoms with van der Waals surface area (Å²) in [6.07, 6.45) is 0.338. The number of carbonyl (C=O) groups excluding carboxylic acids is 1. The standard InChI is InChI=1S/C19H18ClN3O6S.Na/c1-11(19(24)22-12(2)30(25,26)27)28-16-5-3-4-6-17(16)29-18-10-21-14-8-7-13(20)9-15(14)23-18;/h3-12H,1-2H3,(H,22,24)(H,25,26,27);/q;+1/p-1. The van der Waals surface area contributed by atoms with Gasteiger partial charge in [0.1, 0.15) is 15.5 Å². The number of hydrogen-bond donors (Lipinski definition) is 1. The molecule has 0 fully saturated rings. The second-order valence-corrected chi connectivity index (χ2v) is 8.42. The molecule has 1 N–H and O–H groups in total. The second kappa shape index (κ2) is 10.6. The molecule has 0 aliphatic rings. The number of rotatable bonds is 7. The average Bonchev–Trinajstić information content (AvgIpc) is 2.68. The Morgan fingerprint density at radius 3 is 2.48 bits per heavy atom. The van der Waals surface area contributed by atoms with Crippen LogP contribution >= 0.6 is 11.6 Å². The molecule has 1 amide bonds. The van der Waals surface area contributed by atoms with Crippen molar-refractivity contribution in [2.45, 2.75) is 25.3 Å². The normalized spacial score (nSPS) is 13.0. The number of benzene rings is 2. The third kappa shape index (κ3) is 6.76. The van der Waals surface area contributed by atoms with Crippen LogP contribution in [-0.2, 0) is 14.9 Å². The summed E-state index contributed by atoms with van der Waals surface area (Å²) in [4.78, 5) is 20.7. The molecular formula is C19H17ClN3NaO6S. The Morgan fingerprint density at radius 1 is 1.13 bits per heavy atom. The Hall–Kier alpha value is -1.95. The van der Waals surface area contributed by atoms with E-state index in [2.05, 4.69) is 15.3 Å². The smallest absolute Gasteiger partial charge is 0.746 e. The van der Waals surface area contributed by atoms with Crippen LogP contribution in [0.1, 0.15) is 13.8 Å². The predicted molar refractivity (Wildman–Crippen MR) is 108 cm³/mol. The molecule has 12 heteroatoms. The third-order valence-electron chi connectivity index (χ3n) is 4.00. The van der Waals surface area contributed by atoms with Crippen molar-refractivity contribution in [2.24, 2.45) is 0 Å². The van der Waals surface area contributed by atoms with Gasteiger partial charge in [0, 0.05) is 5.02 Å². The van der Waals surface area contributed by atoms with Crippen LogP contribution in [0.3, 0.4) is 0 Å². The summed E-state index contributed by atoms with van der Waals surface area (Å²) >= 11 is 5.98. The van der Waals surface area contributed by atoms with E-state index in [1.165, 1.54) is 13.1 Å². The fraction of sp³-hybridized carbons (Fsp3) is 0.211. The van der Waals surface area contributed by atoms with Gasteiger partial charge in [0.15, 0.2) is 17.6 Å². The molecule has 2 atom stereocenters. The minimum atomic E-state index is -4.66. The summed E-state index contributed by atoms with van der Waals surface area (Å²) in [5.74, 6) is -0.107. The molecule has 31 heavy (non-hydrogen) atoms. The van der Waals surface area contributed by atoms with E-state index in [0.29, 0.717) is 16.1 Å². The average molecular weight is 474 g/mol. The summed E-state index contributed by atoms with van der Waals surface area (Å²) in [7, 11) is -4.66. The van der Waals surface area contributed by atoms with Gasteiger partial charge in [-0.3, -0.25) is 4.79 Å². The first-order valence-electron chi connectivity index (χ1n) is 8.74. The summed E-state index contributed by atoms with van der Waals surface area (Å²) in [6, 6.07) is 11.6. The van der Waals surface area contributed by atoms with Crippen molar-refractivity contribution in [1.29, 1.82) is 0 Å². The Kier molecular flexibility index (Phi) is 8.64. The van der Waals surface area contributed by atoms with Crippen molar-refractivity contribution in [2.75, 3.05) is 0 Å². The Morgan fingerprint density at radius 2 is 1.81 bits per heavy atom. The summed E-state index contributed by atoms with van der Waals surface area (Å²) in [5.41, 5.74) is 1.18. The SMILES string of the molecule is CC(Oc1ccccc1Oc1cnc2ccc(Cl)cc2n1)C(=O)NC(C)S(=O)(=O)[O-].[Na+]. The molecule has 0 aliphatic heterocycles. The van der Waals surface area contributed by atoms with Gasteiger partial charge in [0.05, 0.1) is 17.2 Å². The van der Waals surface area contributed by atoms with E-state index >= 15 is 0 Å². The van der Waals surface area contributed by atoms with Crippen LogP contribution in [0.15, 0.2) is 48.7 Å². The zero-order chi connectivity index (χ0) is 21.9. The predicted octanol–water partition coefficient (Wildman–Crippen LogP) is -0.146. The van der Waals surface area contributed by atoms with Crippen molar-refractivity contribution in [3.8, 4) is 17.4 Å². The van der Waals surface area contributed by atoms with E-state index < -0.39 is 27.5 Å². The molecule has 2 aromatic carbocycles. The molecule has 0 saturated carbocycles. The van der Waals surface area contributed by atoms with Crippen LogP contribution in [0.25, 0.3) is 11.0 Å². The molecule has 0 aliphatic carbocycles.